The number of carbonyl (C=O) groups is 2. The van der Waals surface area contributed by atoms with Crippen LogP contribution in [0.5, 0.6) is 0 Å². The number of halogens is 3. The number of nitrogens with zero attached hydrogens (tertiary/aromatic N) is 2. The Hall–Kier alpha value is -2.75. The smallest absolute Gasteiger partial charge is 0.321 e. The molecule has 2 aliphatic rings. The van der Waals surface area contributed by atoms with Crippen LogP contribution in [0.15, 0.2) is 36.4 Å². The molecule has 1 aliphatic heterocycles. The summed E-state index contributed by atoms with van der Waals surface area (Å²) in [6.07, 6.45) is 3.27. The fourth-order valence-electron chi connectivity index (χ4n) is 4.64. The van der Waals surface area contributed by atoms with Crippen LogP contribution in [0.25, 0.3) is 0 Å². The second-order valence-electron chi connectivity index (χ2n) is 8.94. The Labute approximate surface area is 208 Å². The molecule has 1 heterocycles. The van der Waals surface area contributed by atoms with Crippen molar-refractivity contribution in [1.29, 1.82) is 0 Å². The highest BCUT2D eigenvalue weighted by Gasteiger charge is 2.32. The number of morpholine rings is 1. The van der Waals surface area contributed by atoms with Crippen molar-refractivity contribution in [3.63, 3.8) is 0 Å². The molecule has 35 heavy (non-hydrogen) atoms. The molecule has 2 unspecified atom stereocenters. The molecule has 188 valence electrons. The zero-order valence-electron chi connectivity index (χ0n) is 19.3. The molecule has 3 amide bonds. The van der Waals surface area contributed by atoms with E-state index in [1.54, 1.807) is 28.0 Å². The predicted octanol–water partition coefficient (Wildman–Crippen LogP) is 4.39. The molecule has 2 aromatic rings. The zero-order chi connectivity index (χ0) is 24.9. The molecule has 3 N–H and O–H groups in total. The molecular weight excluding hydrogens is 478 g/mol. The number of carbonyl (C=O) groups excluding carboxylic acids is 2. The van der Waals surface area contributed by atoms with E-state index < -0.39 is 17.5 Å². The lowest BCUT2D eigenvalue weighted by molar-refractivity contribution is 0.0564. The topological polar surface area (TPSA) is 87.9 Å². The summed E-state index contributed by atoms with van der Waals surface area (Å²) in [6.45, 7) is 2.05. The average Bonchev–Trinajstić information content (AvgIpc) is 2.84. The Kier molecular flexibility index (Phi) is 8.20. The number of amides is 3. The number of benzene rings is 2. The predicted molar refractivity (Wildman–Crippen MR) is 129 cm³/mol. The van der Waals surface area contributed by atoms with E-state index in [1.807, 2.05) is 0 Å². The van der Waals surface area contributed by atoms with Crippen LogP contribution in [0.4, 0.5) is 19.3 Å². The van der Waals surface area contributed by atoms with E-state index in [2.05, 4.69) is 5.32 Å². The van der Waals surface area contributed by atoms with E-state index in [9.17, 15) is 18.4 Å². The van der Waals surface area contributed by atoms with E-state index >= 15 is 0 Å². The highest BCUT2D eigenvalue weighted by atomic mass is 35.5. The van der Waals surface area contributed by atoms with E-state index in [-0.39, 0.29) is 30.2 Å². The van der Waals surface area contributed by atoms with E-state index in [0.717, 1.165) is 37.5 Å². The highest BCUT2D eigenvalue weighted by molar-refractivity contribution is 6.31. The quantitative estimate of drug-likeness (QED) is 0.629. The molecular formula is C25H29ClF2N4O3. The van der Waals surface area contributed by atoms with Crippen LogP contribution in [0.2, 0.25) is 5.02 Å². The molecule has 2 atom stereocenters. The summed E-state index contributed by atoms with van der Waals surface area (Å²) >= 11 is 6.47. The van der Waals surface area contributed by atoms with Crippen LogP contribution in [-0.4, -0.2) is 60.1 Å². The van der Waals surface area contributed by atoms with E-state index in [0.29, 0.717) is 49.0 Å². The van der Waals surface area contributed by atoms with Crippen molar-refractivity contribution in [3.05, 3.63) is 64.2 Å². The van der Waals surface area contributed by atoms with Gasteiger partial charge in [0.2, 0.25) is 0 Å². The number of hydrogen-bond donors (Lipinski definition) is 2. The van der Waals surface area contributed by atoms with Gasteiger partial charge in [0.1, 0.15) is 11.6 Å². The molecule has 2 fully saturated rings. The van der Waals surface area contributed by atoms with Crippen molar-refractivity contribution in [1.82, 2.24) is 9.80 Å². The standard InChI is InChI=1S/C25H29ClF2N4O3/c26-21-6-5-20(30-25(34)31-7-9-35-10-8-31)13-17(21)15-32(23-4-2-1-3-22(23)29)24(33)16-11-18(27)14-19(28)12-16/h5-6,11-14,22-23H,1-4,7-10,15,29H2,(H,30,34). The lowest BCUT2D eigenvalue weighted by Crippen LogP contribution is -2.51. The number of urea groups is 1. The Morgan fingerprint density at radius 1 is 1.09 bits per heavy atom. The van der Waals surface area contributed by atoms with Crippen molar-refractivity contribution in [2.45, 2.75) is 44.3 Å². The summed E-state index contributed by atoms with van der Waals surface area (Å²) in [5.74, 6) is -2.18. The van der Waals surface area contributed by atoms with E-state index in [4.69, 9.17) is 22.1 Å². The summed E-state index contributed by atoms with van der Waals surface area (Å²) in [6, 6.07) is 6.98. The average molecular weight is 507 g/mol. The Morgan fingerprint density at radius 3 is 2.46 bits per heavy atom. The van der Waals surface area contributed by atoms with Gasteiger partial charge in [0.05, 0.1) is 13.2 Å². The van der Waals surface area contributed by atoms with Gasteiger partial charge in [-0.1, -0.05) is 24.4 Å². The zero-order valence-corrected chi connectivity index (χ0v) is 20.1. The molecule has 7 nitrogen and oxygen atoms in total. The van der Waals surface area contributed by atoms with Gasteiger partial charge in [-0.3, -0.25) is 4.79 Å². The number of anilines is 1. The van der Waals surface area contributed by atoms with Crippen molar-refractivity contribution >= 4 is 29.2 Å². The first kappa shape index (κ1) is 25.3. The van der Waals surface area contributed by atoms with Gasteiger partial charge < -0.3 is 25.6 Å². The molecule has 10 heteroatoms. The SMILES string of the molecule is NC1CCCCC1N(Cc1cc(NC(=O)N2CCOCC2)ccc1Cl)C(=O)c1cc(F)cc(F)c1. The summed E-state index contributed by atoms with van der Waals surface area (Å²) < 4.78 is 33.0. The summed E-state index contributed by atoms with van der Waals surface area (Å²) in [5, 5.41) is 3.27. The van der Waals surface area contributed by atoms with Crippen molar-refractivity contribution in [3.8, 4) is 0 Å². The third-order valence-corrected chi connectivity index (χ3v) is 6.86. The van der Waals surface area contributed by atoms with Gasteiger partial charge in [-0.05, 0) is 48.7 Å². The lowest BCUT2D eigenvalue weighted by atomic mass is 9.89. The molecule has 0 aromatic heterocycles. The third kappa shape index (κ3) is 6.28. The highest BCUT2D eigenvalue weighted by Crippen LogP contribution is 2.29. The van der Waals surface area contributed by atoms with Crippen molar-refractivity contribution in [2.75, 3.05) is 31.6 Å². The first-order valence-electron chi connectivity index (χ1n) is 11.8. The van der Waals surface area contributed by atoms with Gasteiger partial charge >= 0.3 is 6.03 Å². The third-order valence-electron chi connectivity index (χ3n) is 6.49. The fraction of sp³-hybridized carbons (Fsp3) is 0.440. The minimum Gasteiger partial charge on any atom is -0.378 e. The van der Waals surface area contributed by atoms with Crippen LogP contribution < -0.4 is 11.1 Å². The van der Waals surface area contributed by atoms with Gasteiger partial charge in [0.15, 0.2) is 0 Å². The van der Waals surface area contributed by atoms with Crippen molar-refractivity contribution in [2.24, 2.45) is 5.73 Å². The summed E-state index contributed by atoms with van der Waals surface area (Å²) in [4.78, 5) is 29.3. The summed E-state index contributed by atoms with van der Waals surface area (Å²) in [5.41, 5.74) is 7.41. The number of nitrogens with two attached hydrogens (primary N) is 1. The molecule has 1 saturated heterocycles. The van der Waals surface area contributed by atoms with E-state index in [1.165, 1.54) is 0 Å². The largest absolute Gasteiger partial charge is 0.378 e. The van der Waals surface area contributed by atoms with Crippen LogP contribution in [0.1, 0.15) is 41.6 Å². The monoisotopic (exact) mass is 506 g/mol. The second-order valence-corrected chi connectivity index (χ2v) is 9.35. The maximum Gasteiger partial charge on any atom is 0.321 e. The Morgan fingerprint density at radius 2 is 1.77 bits per heavy atom. The lowest BCUT2D eigenvalue weighted by Gasteiger charge is -2.38. The molecule has 0 spiro atoms. The number of hydrogen-bond acceptors (Lipinski definition) is 4. The first-order chi connectivity index (χ1) is 16.8. The maximum absolute atomic E-state index is 13.9. The van der Waals surface area contributed by atoms with Gasteiger partial charge in [0.25, 0.3) is 5.91 Å². The Bertz CT molecular complexity index is 1060. The van der Waals surface area contributed by atoms with Crippen LogP contribution in [-0.2, 0) is 11.3 Å². The minimum atomic E-state index is -0.827. The molecule has 1 saturated carbocycles. The molecule has 0 radical (unpaired) electrons. The molecule has 0 bridgehead atoms. The molecule has 1 aliphatic carbocycles. The van der Waals surface area contributed by atoms with Crippen LogP contribution in [0.3, 0.4) is 0 Å². The van der Waals surface area contributed by atoms with Gasteiger partial charge in [-0.15, -0.1) is 0 Å². The van der Waals surface area contributed by atoms with Crippen molar-refractivity contribution < 1.29 is 23.1 Å². The number of nitrogens with one attached hydrogen (secondary N) is 1. The minimum absolute atomic E-state index is 0.0788. The van der Waals surface area contributed by atoms with Gasteiger partial charge in [0, 0.05) is 54.1 Å². The number of rotatable bonds is 5. The number of ether oxygens (including phenoxy) is 1. The second kappa shape index (κ2) is 11.3. The van der Waals surface area contributed by atoms with Gasteiger partial charge in [-0.2, -0.15) is 0 Å². The van der Waals surface area contributed by atoms with Crippen LogP contribution >= 0.6 is 11.6 Å². The normalized spacial score (nSPS) is 20.4. The maximum atomic E-state index is 13.9. The molecule has 4 rings (SSSR count). The molecule has 2 aromatic carbocycles. The Balaban J connectivity index is 1.60. The van der Waals surface area contributed by atoms with Gasteiger partial charge in [-0.25, -0.2) is 13.6 Å². The fourth-order valence-corrected chi connectivity index (χ4v) is 4.81. The first-order valence-corrected chi connectivity index (χ1v) is 12.1. The van der Waals surface area contributed by atoms with Crippen LogP contribution in [0, 0.1) is 11.6 Å². The summed E-state index contributed by atoms with van der Waals surface area (Å²) in [7, 11) is 0.